The zero-order valence-electron chi connectivity index (χ0n) is 24.6. The molecule has 1 fully saturated rings. The van der Waals surface area contributed by atoms with Gasteiger partial charge in [0.1, 0.15) is 11.8 Å². The molecule has 2 N–H and O–H groups in total. The number of piperazine rings is 1. The summed E-state index contributed by atoms with van der Waals surface area (Å²) >= 11 is 6.05. The summed E-state index contributed by atoms with van der Waals surface area (Å²) in [5.74, 6) is -0.446. The molecular formula is C31H38ClN7O3. The van der Waals surface area contributed by atoms with Crippen molar-refractivity contribution in [1.29, 1.82) is 5.26 Å². The van der Waals surface area contributed by atoms with Gasteiger partial charge in [0, 0.05) is 68.4 Å². The normalized spacial score (nSPS) is 20.4. The Hall–Kier alpha value is -3.91. The van der Waals surface area contributed by atoms with Crippen molar-refractivity contribution in [2.24, 2.45) is 0 Å². The second-order valence-corrected chi connectivity index (χ2v) is 10.9. The lowest BCUT2D eigenvalue weighted by Crippen LogP contribution is -2.56. The number of hydrogen-bond donors (Lipinski definition) is 2. The number of ether oxygens (including phenoxy) is 1. The topological polar surface area (TPSA) is 114 Å². The van der Waals surface area contributed by atoms with Gasteiger partial charge in [-0.1, -0.05) is 24.6 Å². The van der Waals surface area contributed by atoms with Gasteiger partial charge in [0.25, 0.3) is 11.8 Å². The fraction of sp³-hybridized carbons (Fsp3) is 0.419. The van der Waals surface area contributed by atoms with Crippen LogP contribution in [-0.4, -0.2) is 91.0 Å². The van der Waals surface area contributed by atoms with E-state index in [1.165, 1.54) is 6.07 Å². The molecule has 0 bridgehead atoms. The number of carbonyl (C=O) groups excluding carboxylic acids is 2. The first kappa shape index (κ1) is 31.0. The zero-order valence-corrected chi connectivity index (χ0v) is 25.3. The van der Waals surface area contributed by atoms with E-state index in [4.69, 9.17) is 16.3 Å². The maximum Gasteiger partial charge on any atom is 0.269 e. The third-order valence-corrected chi connectivity index (χ3v) is 7.69. The lowest BCUT2D eigenvalue weighted by molar-refractivity contribution is -0.119. The Morgan fingerprint density at radius 2 is 2.10 bits per heavy atom. The van der Waals surface area contributed by atoms with Crippen LogP contribution in [0.4, 0.5) is 0 Å². The van der Waals surface area contributed by atoms with Crippen LogP contribution in [0.5, 0.6) is 0 Å². The molecule has 1 aromatic carbocycles. The van der Waals surface area contributed by atoms with E-state index in [0.29, 0.717) is 55.6 Å². The van der Waals surface area contributed by atoms with Crippen molar-refractivity contribution in [2.45, 2.75) is 32.0 Å². The van der Waals surface area contributed by atoms with Gasteiger partial charge in [0.2, 0.25) is 0 Å². The first-order valence-electron chi connectivity index (χ1n) is 14.2. The lowest BCUT2D eigenvalue weighted by Gasteiger charge is -2.45. The third kappa shape index (κ3) is 6.76. The predicted molar refractivity (Wildman–Crippen MR) is 161 cm³/mol. The standard InChI is InChI=1S/C31H38ClN7O3/c1-5-25-21-38(30(41)26-10-9-24(32)18-22(26)19-33)16-17-39(25)27-11-12-31(42-6-2,23-8-7-13-34-20-23)36-28(27)29(40)35-14-15-37(3)4/h7-13,18,20,25,36H,5-6,14-17,21H2,1-4H3,(H,35,40)/t25-,31?/m1/s1. The Labute approximate surface area is 252 Å². The second kappa shape index (κ2) is 13.8. The number of dihydropyridines is 1. The number of pyridine rings is 1. The van der Waals surface area contributed by atoms with E-state index in [0.717, 1.165) is 17.7 Å². The Morgan fingerprint density at radius 3 is 2.76 bits per heavy atom. The number of allylic oxidation sites excluding steroid dienone is 1. The minimum atomic E-state index is -1.07. The molecule has 2 aliphatic rings. The van der Waals surface area contributed by atoms with Gasteiger partial charge in [-0.2, -0.15) is 5.26 Å². The van der Waals surface area contributed by atoms with E-state index in [1.807, 2.05) is 50.2 Å². The van der Waals surface area contributed by atoms with E-state index >= 15 is 0 Å². The van der Waals surface area contributed by atoms with E-state index in [9.17, 15) is 14.9 Å². The highest BCUT2D eigenvalue weighted by Crippen LogP contribution is 2.33. The summed E-state index contributed by atoms with van der Waals surface area (Å²) in [6, 6.07) is 10.5. The molecule has 2 amide bonds. The summed E-state index contributed by atoms with van der Waals surface area (Å²) in [5.41, 5.74) is 1.44. The molecule has 1 aromatic heterocycles. The molecule has 0 saturated carbocycles. The van der Waals surface area contributed by atoms with Crippen LogP contribution in [0.2, 0.25) is 5.02 Å². The molecule has 1 saturated heterocycles. The highest BCUT2D eigenvalue weighted by Gasteiger charge is 2.40. The van der Waals surface area contributed by atoms with E-state index in [2.05, 4.69) is 33.5 Å². The Balaban J connectivity index is 1.65. The minimum absolute atomic E-state index is 0.0652. The van der Waals surface area contributed by atoms with Crippen LogP contribution < -0.4 is 10.6 Å². The Bertz CT molecular complexity index is 1390. The molecule has 42 heavy (non-hydrogen) atoms. The Morgan fingerprint density at radius 1 is 1.29 bits per heavy atom. The first-order valence-corrected chi connectivity index (χ1v) is 14.5. The number of nitriles is 1. The van der Waals surface area contributed by atoms with Crippen molar-refractivity contribution in [2.75, 3.05) is 53.4 Å². The van der Waals surface area contributed by atoms with Gasteiger partial charge in [-0.05, 0) is 63.9 Å². The number of nitrogens with one attached hydrogen (secondary N) is 2. The van der Waals surface area contributed by atoms with Gasteiger partial charge in [-0.15, -0.1) is 0 Å². The second-order valence-electron chi connectivity index (χ2n) is 10.5. The van der Waals surface area contributed by atoms with Gasteiger partial charge >= 0.3 is 0 Å². The summed E-state index contributed by atoms with van der Waals surface area (Å²) in [6.07, 6.45) is 8.03. The molecule has 2 aromatic rings. The van der Waals surface area contributed by atoms with Crippen LogP contribution >= 0.6 is 11.6 Å². The SMILES string of the molecule is CCOC1(c2cccnc2)C=CC(N2CCN(C(=O)c3ccc(Cl)cc3C#N)C[C@H]2CC)=C(C(=O)NCCN(C)C)N1. The molecule has 3 heterocycles. The summed E-state index contributed by atoms with van der Waals surface area (Å²) in [6.45, 7) is 6.91. The third-order valence-electron chi connectivity index (χ3n) is 7.46. The summed E-state index contributed by atoms with van der Waals surface area (Å²) in [7, 11) is 3.91. The van der Waals surface area contributed by atoms with E-state index < -0.39 is 5.72 Å². The van der Waals surface area contributed by atoms with Crippen LogP contribution in [0, 0.1) is 11.3 Å². The monoisotopic (exact) mass is 591 g/mol. The predicted octanol–water partition coefficient (Wildman–Crippen LogP) is 3.08. The van der Waals surface area contributed by atoms with Gasteiger partial charge < -0.3 is 30.1 Å². The van der Waals surface area contributed by atoms with Gasteiger partial charge in [0.05, 0.1) is 16.8 Å². The fourth-order valence-electron chi connectivity index (χ4n) is 5.28. The molecule has 0 spiro atoms. The average Bonchev–Trinajstić information content (AvgIpc) is 3.00. The molecule has 10 nitrogen and oxygen atoms in total. The van der Waals surface area contributed by atoms with Gasteiger partial charge in [-0.25, -0.2) is 0 Å². The number of nitrogens with zero attached hydrogens (tertiary/aromatic N) is 5. The van der Waals surface area contributed by atoms with Crippen molar-refractivity contribution in [3.63, 3.8) is 0 Å². The van der Waals surface area contributed by atoms with Crippen LogP contribution in [-0.2, 0) is 15.3 Å². The van der Waals surface area contributed by atoms with Crippen molar-refractivity contribution in [3.8, 4) is 6.07 Å². The summed E-state index contributed by atoms with van der Waals surface area (Å²) in [4.78, 5) is 37.4. The summed E-state index contributed by atoms with van der Waals surface area (Å²) < 4.78 is 6.23. The number of carbonyl (C=O) groups is 2. The minimum Gasteiger partial charge on any atom is -0.363 e. The maximum absolute atomic E-state index is 13.7. The number of amides is 2. The lowest BCUT2D eigenvalue weighted by atomic mass is 9.97. The molecule has 0 radical (unpaired) electrons. The maximum atomic E-state index is 13.7. The summed E-state index contributed by atoms with van der Waals surface area (Å²) in [5, 5.41) is 16.5. The largest absolute Gasteiger partial charge is 0.363 e. The van der Waals surface area contributed by atoms with Crippen molar-refractivity contribution in [1.82, 2.24) is 30.3 Å². The fourth-order valence-corrected chi connectivity index (χ4v) is 5.46. The molecule has 4 rings (SSSR count). The first-order chi connectivity index (χ1) is 20.2. The van der Waals surface area contributed by atoms with Crippen molar-refractivity contribution in [3.05, 3.63) is 88.0 Å². The quantitative estimate of drug-likeness (QED) is 0.433. The molecule has 2 atom stereocenters. The molecule has 222 valence electrons. The van der Waals surface area contributed by atoms with Gasteiger partial charge in [-0.3, -0.25) is 14.6 Å². The van der Waals surface area contributed by atoms with Gasteiger partial charge in [0.15, 0.2) is 5.72 Å². The average molecular weight is 592 g/mol. The zero-order chi connectivity index (χ0) is 30.3. The number of rotatable bonds is 10. The highest BCUT2D eigenvalue weighted by molar-refractivity contribution is 6.30. The smallest absolute Gasteiger partial charge is 0.269 e. The number of aromatic nitrogens is 1. The van der Waals surface area contributed by atoms with Crippen molar-refractivity contribution >= 4 is 23.4 Å². The molecule has 2 aliphatic heterocycles. The Kier molecular flexibility index (Phi) is 10.2. The molecular weight excluding hydrogens is 554 g/mol. The number of hydrogen-bond acceptors (Lipinski definition) is 8. The number of halogens is 1. The van der Waals surface area contributed by atoms with E-state index in [1.54, 1.807) is 29.4 Å². The van der Waals surface area contributed by atoms with Crippen molar-refractivity contribution < 1.29 is 14.3 Å². The van der Waals surface area contributed by atoms with Crippen LogP contribution in [0.1, 0.15) is 41.8 Å². The van der Waals surface area contributed by atoms with E-state index in [-0.39, 0.29) is 23.4 Å². The van der Waals surface area contributed by atoms with Crippen LogP contribution in [0.3, 0.4) is 0 Å². The van der Waals surface area contributed by atoms with Crippen LogP contribution in [0.25, 0.3) is 0 Å². The van der Waals surface area contributed by atoms with Crippen LogP contribution in [0.15, 0.2) is 66.3 Å². The number of benzene rings is 1. The molecule has 0 aliphatic carbocycles. The molecule has 1 unspecified atom stereocenters. The number of likely N-dealkylation sites (N-methyl/N-ethyl adjacent to an activating group) is 1. The molecule has 11 heteroatoms. The highest BCUT2D eigenvalue weighted by atomic mass is 35.5.